The fourth-order valence-corrected chi connectivity index (χ4v) is 1.64. The van der Waals surface area contributed by atoms with Crippen LogP contribution in [0.25, 0.3) is 5.65 Å². The van der Waals surface area contributed by atoms with Gasteiger partial charge >= 0.3 is 0 Å². The molecule has 0 aliphatic rings. The monoisotopic (exact) mass is 188 g/mol. The predicted octanol–water partition coefficient (Wildman–Crippen LogP) is 1.57. The Balaban J connectivity index is 2.93. The first-order chi connectivity index (χ1) is 6.74. The highest BCUT2D eigenvalue weighted by Gasteiger charge is 2.06. The van der Waals surface area contributed by atoms with Crippen molar-refractivity contribution in [1.29, 1.82) is 0 Å². The van der Waals surface area contributed by atoms with E-state index in [4.69, 9.17) is 0 Å². The Labute approximate surface area is 82.0 Å². The van der Waals surface area contributed by atoms with Gasteiger partial charge in [0, 0.05) is 17.5 Å². The highest BCUT2D eigenvalue weighted by molar-refractivity contribution is 5.40. The molecule has 3 nitrogen and oxygen atoms in total. The number of fused-ring (bicyclic) bond motifs is 1. The van der Waals surface area contributed by atoms with Gasteiger partial charge in [-0.05, 0) is 25.5 Å². The molecule has 0 atom stereocenters. The summed E-state index contributed by atoms with van der Waals surface area (Å²) >= 11 is 0. The van der Waals surface area contributed by atoms with E-state index in [1.165, 1.54) is 0 Å². The van der Waals surface area contributed by atoms with Crippen LogP contribution in [0.4, 0.5) is 0 Å². The molecule has 72 valence electrons. The number of aryl methyl sites for hydroxylation is 1. The lowest BCUT2D eigenvalue weighted by Crippen LogP contribution is -2.20. The molecule has 0 amide bonds. The van der Waals surface area contributed by atoms with Gasteiger partial charge in [-0.25, -0.2) is 4.98 Å². The smallest absolute Gasteiger partial charge is 0.261 e. The molecule has 2 rings (SSSR count). The van der Waals surface area contributed by atoms with Crippen LogP contribution in [0.2, 0.25) is 0 Å². The van der Waals surface area contributed by atoms with Gasteiger partial charge in [-0.2, -0.15) is 0 Å². The highest BCUT2D eigenvalue weighted by Crippen LogP contribution is 2.03. The number of rotatable bonds is 1. The van der Waals surface area contributed by atoms with Gasteiger partial charge in [0.05, 0.1) is 0 Å². The van der Waals surface area contributed by atoms with Crippen LogP contribution in [0.3, 0.4) is 0 Å². The summed E-state index contributed by atoms with van der Waals surface area (Å²) in [6, 6.07) is 5.56. The quantitative estimate of drug-likeness (QED) is 0.680. The normalized spacial score (nSPS) is 10.7. The van der Waals surface area contributed by atoms with Crippen molar-refractivity contribution in [2.45, 2.75) is 20.3 Å². The Morgan fingerprint density at radius 1 is 1.43 bits per heavy atom. The van der Waals surface area contributed by atoms with Crippen LogP contribution < -0.4 is 5.56 Å². The molecule has 0 bridgehead atoms. The molecule has 2 aromatic rings. The van der Waals surface area contributed by atoms with E-state index in [1.807, 2.05) is 32.0 Å². The van der Waals surface area contributed by atoms with Gasteiger partial charge in [0.1, 0.15) is 5.65 Å². The van der Waals surface area contributed by atoms with E-state index in [9.17, 15) is 4.79 Å². The molecule has 0 aliphatic carbocycles. The molecule has 2 aromatic heterocycles. The van der Waals surface area contributed by atoms with E-state index in [1.54, 1.807) is 10.6 Å². The van der Waals surface area contributed by atoms with Gasteiger partial charge in [0.25, 0.3) is 5.56 Å². The summed E-state index contributed by atoms with van der Waals surface area (Å²) in [4.78, 5) is 16.3. The van der Waals surface area contributed by atoms with E-state index in [2.05, 4.69) is 4.98 Å². The third-order valence-electron chi connectivity index (χ3n) is 2.39. The van der Waals surface area contributed by atoms with Gasteiger partial charge in [0.2, 0.25) is 0 Å². The average molecular weight is 188 g/mol. The summed E-state index contributed by atoms with van der Waals surface area (Å²) in [5.74, 6) is 0. The number of aromatic nitrogens is 2. The molecule has 0 fully saturated rings. The second kappa shape index (κ2) is 3.25. The Kier molecular flexibility index (Phi) is 2.08. The molecule has 2 heterocycles. The zero-order chi connectivity index (χ0) is 10.1. The van der Waals surface area contributed by atoms with Crippen LogP contribution in [-0.2, 0) is 6.42 Å². The van der Waals surface area contributed by atoms with Crippen LogP contribution in [0, 0.1) is 6.92 Å². The molecule has 0 N–H and O–H groups in total. The van der Waals surface area contributed by atoms with Gasteiger partial charge in [-0.1, -0.05) is 13.0 Å². The van der Waals surface area contributed by atoms with E-state index in [0.29, 0.717) is 5.65 Å². The zero-order valence-corrected chi connectivity index (χ0v) is 8.32. The maximum Gasteiger partial charge on any atom is 0.261 e. The summed E-state index contributed by atoms with van der Waals surface area (Å²) in [6.45, 7) is 3.86. The molecule has 3 heteroatoms. The topological polar surface area (TPSA) is 34.4 Å². The first kappa shape index (κ1) is 8.94. The minimum Gasteiger partial charge on any atom is -0.269 e. The van der Waals surface area contributed by atoms with Crippen molar-refractivity contribution in [3.8, 4) is 0 Å². The van der Waals surface area contributed by atoms with Crippen molar-refractivity contribution in [3.63, 3.8) is 0 Å². The lowest BCUT2D eigenvalue weighted by atomic mass is 10.2. The fraction of sp³-hybridized carbons (Fsp3) is 0.273. The maximum atomic E-state index is 11.9. The number of hydrogen-bond acceptors (Lipinski definition) is 2. The third kappa shape index (κ3) is 1.21. The van der Waals surface area contributed by atoms with Crippen molar-refractivity contribution in [3.05, 3.63) is 46.0 Å². The van der Waals surface area contributed by atoms with Gasteiger partial charge in [-0.3, -0.25) is 9.20 Å². The summed E-state index contributed by atoms with van der Waals surface area (Å²) in [7, 11) is 0. The molecular formula is C11H12N2O. The lowest BCUT2D eigenvalue weighted by molar-refractivity contribution is 0.936. The van der Waals surface area contributed by atoms with Crippen molar-refractivity contribution in [2.75, 3.05) is 0 Å². The molecule has 0 radical (unpaired) electrons. The van der Waals surface area contributed by atoms with E-state index < -0.39 is 0 Å². The Morgan fingerprint density at radius 2 is 2.21 bits per heavy atom. The second-order valence-corrected chi connectivity index (χ2v) is 3.26. The summed E-state index contributed by atoms with van der Waals surface area (Å²) in [5.41, 5.74) is 2.40. The number of hydrogen-bond donors (Lipinski definition) is 0. The predicted molar refractivity (Wildman–Crippen MR) is 55.6 cm³/mol. The van der Waals surface area contributed by atoms with Crippen molar-refractivity contribution >= 4 is 5.65 Å². The van der Waals surface area contributed by atoms with E-state index in [0.717, 1.165) is 17.7 Å². The minimum absolute atomic E-state index is 0.0515. The van der Waals surface area contributed by atoms with Crippen LogP contribution >= 0.6 is 0 Å². The van der Waals surface area contributed by atoms with Crippen molar-refractivity contribution in [2.24, 2.45) is 0 Å². The number of pyridine rings is 1. The van der Waals surface area contributed by atoms with Gasteiger partial charge in [0.15, 0.2) is 0 Å². The van der Waals surface area contributed by atoms with E-state index >= 15 is 0 Å². The molecular weight excluding hydrogens is 176 g/mol. The Morgan fingerprint density at radius 3 is 2.93 bits per heavy atom. The SMILES string of the molecule is CCc1c(C)nc2ccccn2c1=O. The first-order valence-electron chi connectivity index (χ1n) is 4.71. The summed E-state index contributed by atoms with van der Waals surface area (Å²) in [5, 5.41) is 0. The average Bonchev–Trinajstić information content (AvgIpc) is 2.18. The van der Waals surface area contributed by atoms with Crippen molar-refractivity contribution < 1.29 is 0 Å². The molecule has 0 saturated carbocycles. The number of nitrogens with zero attached hydrogens (tertiary/aromatic N) is 2. The Hall–Kier alpha value is -1.64. The zero-order valence-electron chi connectivity index (χ0n) is 8.32. The second-order valence-electron chi connectivity index (χ2n) is 3.26. The van der Waals surface area contributed by atoms with Crippen molar-refractivity contribution in [1.82, 2.24) is 9.38 Å². The largest absolute Gasteiger partial charge is 0.269 e. The highest BCUT2D eigenvalue weighted by atomic mass is 16.1. The van der Waals surface area contributed by atoms with Gasteiger partial charge in [-0.15, -0.1) is 0 Å². The standard InChI is InChI=1S/C11H12N2O/c1-3-9-8(2)12-10-6-4-5-7-13(10)11(9)14/h4-7H,3H2,1-2H3. The van der Waals surface area contributed by atoms with Crippen LogP contribution in [0.1, 0.15) is 18.2 Å². The molecule has 0 unspecified atom stereocenters. The molecule has 14 heavy (non-hydrogen) atoms. The lowest BCUT2D eigenvalue weighted by Gasteiger charge is -2.04. The maximum absolute atomic E-state index is 11.9. The molecule has 0 aromatic carbocycles. The van der Waals surface area contributed by atoms with Crippen LogP contribution in [-0.4, -0.2) is 9.38 Å². The fourth-order valence-electron chi connectivity index (χ4n) is 1.64. The summed E-state index contributed by atoms with van der Waals surface area (Å²) < 4.78 is 1.59. The minimum atomic E-state index is 0.0515. The summed E-state index contributed by atoms with van der Waals surface area (Å²) in [6.07, 6.45) is 2.48. The molecule has 0 saturated heterocycles. The van der Waals surface area contributed by atoms with E-state index in [-0.39, 0.29) is 5.56 Å². The van der Waals surface area contributed by atoms with Gasteiger partial charge < -0.3 is 0 Å². The molecule has 0 aliphatic heterocycles. The first-order valence-corrected chi connectivity index (χ1v) is 4.71. The van der Waals surface area contributed by atoms with Crippen LogP contribution in [0.15, 0.2) is 29.2 Å². The third-order valence-corrected chi connectivity index (χ3v) is 2.39. The van der Waals surface area contributed by atoms with Crippen LogP contribution in [0.5, 0.6) is 0 Å². The molecule has 0 spiro atoms. The Bertz CT molecular complexity index is 528.